The summed E-state index contributed by atoms with van der Waals surface area (Å²) in [5, 5.41) is 7.29. The lowest BCUT2D eigenvalue weighted by Gasteiger charge is -2.12. The average Bonchev–Trinajstić information content (AvgIpc) is 2.78. The van der Waals surface area contributed by atoms with Gasteiger partial charge in [-0.2, -0.15) is 5.10 Å². The second kappa shape index (κ2) is 4.72. The molecule has 0 saturated carbocycles. The molecule has 0 amide bonds. The SMILES string of the molecule is CNCc1ncnn1CC1CCC(C)O1. The monoisotopic (exact) mass is 210 g/mol. The molecule has 1 N–H and O–H groups in total. The van der Waals surface area contributed by atoms with Gasteiger partial charge in [-0.1, -0.05) is 0 Å². The van der Waals surface area contributed by atoms with E-state index >= 15 is 0 Å². The number of aromatic nitrogens is 3. The minimum atomic E-state index is 0.303. The van der Waals surface area contributed by atoms with Crippen molar-refractivity contribution in [1.82, 2.24) is 20.1 Å². The van der Waals surface area contributed by atoms with Gasteiger partial charge in [0.05, 0.1) is 25.3 Å². The largest absolute Gasteiger partial charge is 0.373 e. The van der Waals surface area contributed by atoms with Gasteiger partial charge < -0.3 is 10.1 Å². The van der Waals surface area contributed by atoms with Crippen molar-refractivity contribution in [3.05, 3.63) is 12.2 Å². The summed E-state index contributed by atoms with van der Waals surface area (Å²) in [6.45, 7) is 3.69. The van der Waals surface area contributed by atoms with Gasteiger partial charge >= 0.3 is 0 Å². The summed E-state index contributed by atoms with van der Waals surface area (Å²) in [5.74, 6) is 0.973. The Hall–Kier alpha value is -0.940. The van der Waals surface area contributed by atoms with Crippen LogP contribution in [0.4, 0.5) is 0 Å². The Bertz CT molecular complexity index is 312. The maximum absolute atomic E-state index is 5.76. The van der Waals surface area contributed by atoms with Crippen molar-refractivity contribution in [3.63, 3.8) is 0 Å². The normalized spacial score (nSPS) is 26.0. The molecule has 1 aliphatic rings. The van der Waals surface area contributed by atoms with E-state index in [1.165, 1.54) is 0 Å². The molecule has 2 unspecified atom stereocenters. The van der Waals surface area contributed by atoms with E-state index in [-0.39, 0.29) is 0 Å². The number of nitrogens with zero attached hydrogens (tertiary/aromatic N) is 3. The van der Waals surface area contributed by atoms with Crippen LogP contribution in [-0.2, 0) is 17.8 Å². The molecule has 0 aliphatic carbocycles. The van der Waals surface area contributed by atoms with E-state index < -0.39 is 0 Å². The second-order valence-electron chi connectivity index (χ2n) is 4.03. The smallest absolute Gasteiger partial charge is 0.140 e. The van der Waals surface area contributed by atoms with Crippen LogP contribution < -0.4 is 5.32 Å². The fourth-order valence-electron chi connectivity index (χ4n) is 1.95. The number of ether oxygens (including phenoxy) is 1. The quantitative estimate of drug-likeness (QED) is 0.789. The summed E-state index contributed by atoms with van der Waals surface area (Å²) in [6.07, 6.45) is 4.58. The Labute approximate surface area is 89.8 Å². The first-order valence-corrected chi connectivity index (χ1v) is 5.46. The Balaban J connectivity index is 1.95. The van der Waals surface area contributed by atoms with Gasteiger partial charge in [0.25, 0.3) is 0 Å². The van der Waals surface area contributed by atoms with Gasteiger partial charge in [-0.3, -0.25) is 0 Å². The van der Waals surface area contributed by atoms with Gasteiger partial charge in [0.2, 0.25) is 0 Å². The highest BCUT2D eigenvalue weighted by Crippen LogP contribution is 2.20. The van der Waals surface area contributed by atoms with Crippen molar-refractivity contribution < 1.29 is 4.74 Å². The molecule has 0 radical (unpaired) electrons. The fraction of sp³-hybridized carbons (Fsp3) is 0.800. The molecule has 15 heavy (non-hydrogen) atoms. The zero-order chi connectivity index (χ0) is 10.7. The number of rotatable bonds is 4. The van der Waals surface area contributed by atoms with Crippen LogP contribution in [0.5, 0.6) is 0 Å². The lowest BCUT2D eigenvalue weighted by molar-refractivity contribution is 0.0430. The number of nitrogens with one attached hydrogen (secondary N) is 1. The third kappa shape index (κ3) is 2.54. The van der Waals surface area contributed by atoms with E-state index in [1.54, 1.807) is 6.33 Å². The molecule has 5 heteroatoms. The minimum absolute atomic E-state index is 0.303. The van der Waals surface area contributed by atoms with Gasteiger partial charge in [0.15, 0.2) is 0 Å². The molecule has 2 atom stereocenters. The molecule has 2 heterocycles. The molecule has 0 spiro atoms. The van der Waals surface area contributed by atoms with E-state index in [1.807, 2.05) is 11.7 Å². The molecule has 2 rings (SSSR count). The van der Waals surface area contributed by atoms with Gasteiger partial charge in [-0.05, 0) is 26.8 Å². The minimum Gasteiger partial charge on any atom is -0.373 e. The van der Waals surface area contributed by atoms with Crippen LogP contribution in [0.3, 0.4) is 0 Å². The maximum Gasteiger partial charge on any atom is 0.140 e. The van der Waals surface area contributed by atoms with Crippen LogP contribution in [0.15, 0.2) is 6.33 Å². The molecule has 1 aromatic heterocycles. The summed E-state index contributed by atoms with van der Waals surface area (Å²) in [5.41, 5.74) is 0. The average molecular weight is 210 g/mol. The van der Waals surface area contributed by atoms with Crippen LogP contribution in [0.2, 0.25) is 0 Å². The summed E-state index contributed by atoms with van der Waals surface area (Å²) < 4.78 is 7.69. The zero-order valence-electron chi connectivity index (χ0n) is 9.31. The molecular weight excluding hydrogens is 192 g/mol. The van der Waals surface area contributed by atoms with Crippen LogP contribution in [0.25, 0.3) is 0 Å². The Kier molecular flexibility index (Phi) is 3.33. The molecule has 0 bridgehead atoms. The second-order valence-corrected chi connectivity index (χ2v) is 4.03. The van der Waals surface area contributed by atoms with Crippen molar-refractivity contribution >= 4 is 0 Å². The summed E-state index contributed by atoms with van der Waals surface area (Å²) in [6, 6.07) is 0. The van der Waals surface area contributed by atoms with Gasteiger partial charge in [-0.15, -0.1) is 0 Å². The third-order valence-electron chi connectivity index (χ3n) is 2.73. The van der Waals surface area contributed by atoms with E-state index in [2.05, 4.69) is 22.3 Å². The van der Waals surface area contributed by atoms with Crippen LogP contribution in [0.1, 0.15) is 25.6 Å². The first-order valence-electron chi connectivity index (χ1n) is 5.46. The topological polar surface area (TPSA) is 52.0 Å². The molecule has 1 aromatic rings. The summed E-state index contributed by atoms with van der Waals surface area (Å²) in [7, 11) is 1.91. The Morgan fingerprint density at radius 1 is 1.60 bits per heavy atom. The molecule has 84 valence electrons. The van der Waals surface area contributed by atoms with Crippen molar-refractivity contribution in [2.75, 3.05) is 7.05 Å². The molecule has 5 nitrogen and oxygen atoms in total. The van der Waals surface area contributed by atoms with Gasteiger partial charge in [-0.25, -0.2) is 9.67 Å². The molecule has 1 saturated heterocycles. The maximum atomic E-state index is 5.76. The predicted molar refractivity (Wildman–Crippen MR) is 56.4 cm³/mol. The van der Waals surface area contributed by atoms with E-state index in [9.17, 15) is 0 Å². The van der Waals surface area contributed by atoms with Crippen molar-refractivity contribution in [2.45, 2.75) is 45.1 Å². The molecule has 1 fully saturated rings. The lowest BCUT2D eigenvalue weighted by Crippen LogP contribution is -2.21. The summed E-state index contributed by atoms with van der Waals surface area (Å²) >= 11 is 0. The molecular formula is C10H18N4O. The van der Waals surface area contributed by atoms with Crippen LogP contribution in [0, 0.1) is 0 Å². The van der Waals surface area contributed by atoms with Crippen LogP contribution in [-0.4, -0.2) is 34.0 Å². The van der Waals surface area contributed by atoms with E-state index in [4.69, 9.17) is 4.74 Å². The van der Waals surface area contributed by atoms with Crippen LogP contribution >= 0.6 is 0 Å². The van der Waals surface area contributed by atoms with Gasteiger partial charge in [0, 0.05) is 0 Å². The van der Waals surface area contributed by atoms with Crippen molar-refractivity contribution in [2.24, 2.45) is 0 Å². The highest BCUT2D eigenvalue weighted by Gasteiger charge is 2.22. The predicted octanol–water partition coefficient (Wildman–Crippen LogP) is 0.565. The van der Waals surface area contributed by atoms with Crippen molar-refractivity contribution in [3.8, 4) is 0 Å². The highest BCUT2D eigenvalue weighted by molar-refractivity contribution is 4.85. The van der Waals surface area contributed by atoms with Crippen molar-refractivity contribution in [1.29, 1.82) is 0 Å². The standard InChI is InChI=1S/C10H18N4O/c1-8-3-4-9(15-8)6-14-10(5-11-2)12-7-13-14/h7-9,11H,3-6H2,1-2H3. The van der Waals surface area contributed by atoms with E-state index in [0.717, 1.165) is 31.8 Å². The molecule has 0 aromatic carbocycles. The Morgan fingerprint density at radius 2 is 2.47 bits per heavy atom. The zero-order valence-corrected chi connectivity index (χ0v) is 9.31. The fourth-order valence-corrected chi connectivity index (χ4v) is 1.95. The first kappa shape index (κ1) is 10.6. The van der Waals surface area contributed by atoms with E-state index in [0.29, 0.717) is 12.2 Å². The number of hydrogen-bond acceptors (Lipinski definition) is 4. The first-order chi connectivity index (χ1) is 7.29. The Morgan fingerprint density at radius 3 is 3.13 bits per heavy atom. The third-order valence-corrected chi connectivity index (χ3v) is 2.73. The number of hydrogen-bond donors (Lipinski definition) is 1. The van der Waals surface area contributed by atoms with Gasteiger partial charge in [0.1, 0.15) is 12.2 Å². The highest BCUT2D eigenvalue weighted by atomic mass is 16.5. The molecule has 1 aliphatic heterocycles. The summed E-state index contributed by atoms with van der Waals surface area (Å²) in [4.78, 5) is 4.20. The lowest BCUT2D eigenvalue weighted by atomic mass is 10.2.